The smallest absolute Gasteiger partial charge is 0.321 e. The van der Waals surface area contributed by atoms with Crippen LogP contribution in [0.1, 0.15) is 11.1 Å². The van der Waals surface area contributed by atoms with Crippen molar-refractivity contribution in [2.24, 2.45) is 0 Å². The van der Waals surface area contributed by atoms with Gasteiger partial charge < -0.3 is 15.0 Å². The number of nitrogens with zero attached hydrogens (tertiary/aromatic N) is 1. The van der Waals surface area contributed by atoms with Crippen LogP contribution in [0.3, 0.4) is 0 Å². The van der Waals surface area contributed by atoms with Gasteiger partial charge in [0.2, 0.25) is 0 Å². The van der Waals surface area contributed by atoms with Crippen LogP contribution >= 0.6 is 11.8 Å². The van der Waals surface area contributed by atoms with Crippen LogP contribution in [-0.2, 0) is 21.8 Å². The summed E-state index contributed by atoms with van der Waals surface area (Å²) in [6.07, 6.45) is 0. The van der Waals surface area contributed by atoms with Gasteiger partial charge in [0, 0.05) is 25.0 Å². The minimum atomic E-state index is -0.239. The predicted molar refractivity (Wildman–Crippen MR) is 102 cm³/mol. The molecular weight excluding hydrogens is 336 g/mol. The molecule has 0 heterocycles. The Kier molecular flexibility index (Phi) is 7.35. The molecule has 0 saturated heterocycles. The molecule has 6 heteroatoms. The number of ether oxygens (including phenoxy) is 1. The molecule has 0 aliphatic rings. The van der Waals surface area contributed by atoms with Gasteiger partial charge in [-0.2, -0.15) is 0 Å². The standard InChI is InChI=1S/C19H22N2O3S/c1-21(12-15-7-4-3-5-8-15)19(23)20-17-10-6-9-16(11-17)13-25-14-18(22)24-2/h3-11H,12-14H2,1-2H3,(H,20,23). The van der Waals surface area contributed by atoms with Gasteiger partial charge in [-0.1, -0.05) is 42.5 Å². The second-order valence-electron chi connectivity index (χ2n) is 5.54. The van der Waals surface area contributed by atoms with Gasteiger partial charge in [-0.15, -0.1) is 11.8 Å². The lowest BCUT2D eigenvalue weighted by molar-refractivity contribution is -0.137. The molecule has 0 fully saturated rings. The van der Waals surface area contributed by atoms with Crippen LogP contribution in [0.4, 0.5) is 10.5 Å². The molecule has 0 spiro atoms. The number of carbonyl (C=O) groups is 2. The lowest BCUT2D eigenvalue weighted by Crippen LogP contribution is -2.30. The number of amides is 2. The molecule has 132 valence electrons. The molecule has 25 heavy (non-hydrogen) atoms. The maximum atomic E-state index is 12.3. The maximum absolute atomic E-state index is 12.3. The molecule has 0 saturated carbocycles. The predicted octanol–water partition coefficient (Wildman–Crippen LogP) is 3.76. The van der Waals surface area contributed by atoms with Crippen molar-refractivity contribution in [3.8, 4) is 0 Å². The normalized spacial score (nSPS) is 10.2. The van der Waals surface area contributed by atoms with E-state index in [1.165, 1.54) is 18.9 Å². The first-order valence-electron chi connectivity index (χ1n) is 7.88. The summed E-state index contributed by atoms with van der Waals surface area (Å²) in [6, 6.07) is 17.3. The number of rotatable bonds is 7. The quantitative estimate of drug-likeness (QED) is 0.766. The highest BCUT2D eigenvalue weighted by Gasteiger charge is 2.09. The number of benzene rings is 2. The van der Waals surface area contributed by atoms with Crippen LogP contribution in [0.25, 0.3) is 0 Å². The lowest BCUT2D eigenvalue weighted by atomic mass is 10.2. The number of carbonyl (C=O) groups excluding carboxylic acids is 2. The number of anilines is 1. The van der Waals surface area contributed by atoms with Crippen molar-refractivity contribution in [2.75, 3.05) is 25.2 Å². The summed E-state index contributed by atoms with van der Waals surface area (Å²) in [7, 11) is 3.14. The number of hydrogen-bond acceptors (Lipinski definition) is 4. The summed E-state index contributed by atoms with van der Waals surface area (Å²) < 4.78 is 4.62. The van der Waals surface area contributed by atoms with E-state index < -0.39 is 0 Å². The number of nitrogens with one attached hydrogen (secondary N) is 1. The molecule has 0 atom stereocenters. The van der Waals surface area contributed by atoms with Crippen molar-refractivity contribution in [1.82, 2.24) is 4.90 Å². The van der Waals surface area contributed by atoms with Crippen LogP contribution in [0.2, 0.25) is 0 Å². The number of thioether (sulfide) groups is 1. The van der Waals surface area contributed by atoms with Crippen LogP contribution in [0, 0.1) is 0 Å². The average molecular weight is 358 g/mol. The summed E-state index contributed by atoms with van der Waals surface area (Å²) >= 11 is 1.48. The first-order valence-corrected chi connectivity index (χ1v) is 9.03. The maximum Gasteiger partial charge on any atom is 0.321 e. The van der Waals surface area contributed by atoms with E-state index in [1.807, 2.05) is 54.6 Å². The van der Waals surface area contributed by atoms with Gasteiger partial charge in [-0.05, 0) is 23.3 Å². The van der Waals surface area contributed by atoms with Crippen LogP contribution in [0.15, 0.2) is 54.6 Å². The van der Waals surface area contributed by atoms with Crippen molar-refractivity contribution in [2.45, 2.75) is 12.3 Å². The Bertz CT molecular complexity index is 707. The number of methoxy groups -OCH3 is 1. The highest BCUT2D eigenvalue weighted by atomic mass is 32.2. The van der Waals surface area contributed by atoms with E-state index in [2.05, 4.69) is 10.1 Å². The molecule has 2 aromatic rings. The monoisotopic (exact) mass is 358 g/mol. The SMILES string of the molecule is COC(=O)CSCc1cccc(NC(=O)N(C)Cc2ccccc2)c1. The molecule has 0 aromatic heterocycles. The highest BCUT2D eigenvalue weighted by molar-refractivity contribution is 7.99. The molecule has 0 bridgehead atoms. The summed E-state index contributed by atoms with van der Waals surface area (Å²) in [5, 5.41) is 2.90. The molecule has 2 aromatic carbocycles. The molecule has 0 aliphatic heterocycles. The number of hydrogen-bond donors (Lipinski definition) is 1. The third-order valence-corrected chi connectivity index (χ3v) is 4.48. The van der Waals surface area contributed by atoms with Crippen LogP contribution in [-0.4, -0.2) is 36.8 Å². The van der Waals surface area contributed by atoms with Crippen LogP contribution in [0.5, 0.6) is 0 Å². The Labute approximate surface area is 152 Å². The third kappa shape index (κ3) is 6.51. The Balaban J connectivity index is 1.87. The fraction of sp³-hybridized carbons (Fsp3) is 0.263. The lowest BCUT2D eigenvalue weighted by Gasteiger charge is -2.18. The van der Waals surface area contributed by atoms with Crippen molar-refractivity contribution < 1.29 is 14.3 Å². The Hall–Kier alpha value is -2.47. The molecule has 0 radical (unpaired) electrons. The van der Waals surface area contributed by atoms with E-state index in [0.29, 0.717) is 18.1 Å². The summed E-state index contributed by atoms with van der Waals surface area (Å²) in [5.74, 6) is 0.753. The second kappa shape index (κ2) is 9.74. The van der Waals surface area contributed by atoms with Gasteiger partial charge in [0.05, 0.1) is 12.9 Å². The van der Waals surface area contributed by atoms with Crippen molar-refractivity contribution in [3.05, 3.63) is 65.7 Å². The number of urea groups is 1. The van der Waals surface area contributed by atoms with E-state index >= 15 is 0 Å². The van der Waals surface area contributed by atoms with Gasteiger partial charge in [-0.25, -0.2) is 4.79 Å². The molecule has 5 nitrogen and oxygen atoms in total. The second-order valence-corrected chi connectivity index (χ2v) is 6.53. The van der Waals surface area contributed by atoms with Gasteiger partial charge in [0.15, 0.2) is 0 Å². The van der Waals surface area contributed by atoms with E-state index in [-0.39, 0.29) is 12.0 Å². The van der Waals surface area contributed by atoms with Crippen molar-refractivity contribution in [3.63, 3.8) is 0 Å². The molecule has 0 unspecified atom stereocenters. The van der Waals surface area contributed by atoms with E-state index in [0.717, 1.165) is 16.8 Å². The third-order valence-electron chi connectivity index (χ3n) is 3.50. The van der Waals surface area contributed by atoms with Gasteiger partial charge in [-0.3, -0.25) is 4.79 Å². The van der Waals surface area contributed by atoms with Gasteiger partial charge >= 0.3 is 12.0 Å². The minimum Gasteiger partial charge on any atom is -0.468 e. The topological polar surface area (TPSA) is 58.6 Å². The zero-order chi connectivity index (χ0) is 18.1. The highest BCUT2D eigenvalue weighted by Crippen LogP contribution is 2.17. The molecular formula is C19H22N2O3S. The molecule has 0 aliphatic carbocycles. The van der Waals surface area contributed by atoms with E-state index in [1.54, 1.807) is 11.9 Å². The fourth-order valence-electron chi connectivity index (χ4n) is 2.20. The van der Waals surface area contributed by atoms with Crippen LogP contribution < -0.4 is 5.32 Å². The van der Waals surface area contributed by atoms with Gasteiger partial charge in [0.25, 0.3) is 0 Å². The largest absolute Gasteiger partial charge is 0.468 e. The van der Waals surface area contributed by atoms with Crippen molar-refractivity contribution >= 4 is 29.4 Å². The Morgan fingerprint density at radius 3 is 2.52 bits per heavy atom. The van der Waals surface area contributed by atoms with E-state index in [9.17, 15) is 9.59 Å². The molecule has 1 N–H and O–H groups in total. The zero-order valence-corrected chi connectivity index (χ0v) is 15.2. The fourth-order valence-corrected chi connectivity index (χ4v) is 3.00. The average Bonchev–Trinajstić information content (AvgIpc) is 2.62. The summed E-state index contributed by atoms with van der Waals surface area (Å²) in [6.45, 7) is 0.543. The first-order chi connectivity index (χ1) is 12.1. The first kappa shape index (κ1) is 18.9. The summed E-state index contributed by atoms with van der Waals surface area (Å²) in [5.41, 5.74) is 2.85. The number of esters is 1. The van der Waals surface area contributed by atoms with Gasteiger partial charge in [0.1, 0.15) is 0 Å². The Morgan fingerprint density at radius 2 is 1.80 bits per heavy atom. The summed E-state index contributed by atoms with van der Waals surface area (Å²) in [4.78, 5) is 25.1. The molecule has 2 rings (SSSR count). The Morgan fingerprint density at radius 1 is 1.08 bits per heavy atom. The zero-order valence-electron chi connectivity index (χ0n) is 14.4. The van der Waals surface area contributed by atoms with Crippen molar-refractivity contribution in [1.29, 1.82) is 0 Å². The minimum absolute atomic E-state index is 0.164. The molecule has 2 amide bonds. The van der Waals surface area contributed by atoms with E-state index in [4.69, 9.17) is 0 Å².